The first kappa shape index (κ1) is 22.8. The van der Waals surface area contributed by atoms with Crippen LogP contribution >= 0.6 is 0 Å². The van der Waals surface area contributed by atoms with Crippen molar-refractivity contribution in [2.24, 2.45) is 0 Å². The Balaban J connectivity index is 1.59. The molecule has 0 aromatic heterocycles. The van der Waals surface area contributed by atoms with Crippen LogP contribution in [0.2, 0.25) is 0 Å². The highest BCUT2D eigenvalue weighted by Gasteiger charge is 2.27. The first-order chi connectivity index (χ1) is 15.3. The third-order valence-electron chi connectivity index (χ3n) is 6.52. The number of nitrogens with one attached hydrogen (secondary N) is 1. The Labute approximate surface area is 192 Å². The molecule has 168 valence electrons. The van der Waals surface area contributed by atoms with Crippen molar-refractivity contribution < 1.29 is 13.7 Å². The Hall–Kier alpha value is -2.41. The van der Waals surface area contributed by atoms with Crippen LogP contribution in [0.4, 0.5) is 4.39 Å². The topological polar surface area (TPSA) is 55.4 Å². The number of halogens is 1. The minimum atomic E-state index is -1.02. The van der Waals surface area contributed by atoms with E-state index < -0.39 is 11.2 Å². The van der Waals surface area contributed by atoms with E-state index >= 15 is 0 Å². The predicted molar refractivity (Wildman–Crippen MR) is 129 cm³/mol. The number of hydrogen-bond acceptors (Lipinski definition) is 3. The van der Waals surface area contributed by atoms with E-state index in [1.54, 1.807) is 12.3 Å². The van der Waals surface area contributed by atoms with Gasteiger partial charge in [0.2, 0.25) is 5.91 Å². The van der Waals surface area contributed by atoms with Gasteiger partial charge in [-0.1, -0.05) is 6.07 Å². The molecule has 1 aliphatic carbocycles. The van der Waals surface area contributed by atoms with E-state index in [-0.39, 0.29) is 18.1 Å². The Bertz CT molecular complexity index is 1080. The van der Waals surface area contributed by atoms with Gasteiger partial charge in [-0.2, -0.15) is 0 Å². The Kier molecular flexibility index (Phi) is 6.84. The quantitative estimate of drug-likeness (QED) is 0.657. The van der Waals surface area contributed by atoms with Gasteiger partial charge in [-0.25, -0.2) is 4.39 Å². The maximum atomic E-state index is 14.1. The molecule has 0 saturated carbocycles. The third-order valence-corrected chi connectivity index (χ3v) is 7.46. The molecular formula is C26H29FN2O2S. The fourth-order valence-corrected chi connectivity index (χ4v) is 5.11. The number of hydrogen-bond donors (Lipinski definition) is 1. The van der Waals surface area contributed by atoms with Crippen LogP contribution in [0, 0.1) is 5.82 Å². The fraction of sp³-hybridized carbons (Fsp3) is 0.346. The number of likely N-dealkylation sites (N-methyl/N-ethyl adjacent to an activating group) is 1. The smallest absolute Gasteiger partial charge is 0.224 e. The lowest BCUT2D eigenvalue weighted by Crippen LogP contribution is -2.38. The van der Waals surface area contributed by atoms with Gasteiger partial charge in [-0.15, -0.1) is 0 Å². The lowest BCUT2D eigenvalue weighted by molar-refractivity contribution is -0.120. The Morgan fingerprint density at radius 3 is 2.66 bits per heavy atom. The molecular weight excluding hydrogens is 423 g/mol. The van der Waals surface area contributed by atoms with Crippen LogP contribution in [-0.2, 0) is 16.0 Å². The maximum Gasteiger partial charge on any atom is 0.224 e. The van der Waals surface area contributed by atoms with Gasteiger partial charge in [0.25, 0.3) is 0 Å². The van der Waals surface area contributed by atoms with Gasteiger partial charge in [0, 0.05) is 12.6 Å². The van der Waals surface area contributed by atoms with Crippen LogP contribution in [0.1, 0.15) is 42.9 Å². The second-order valence-corrected chi connectivity index (χ2v) is 10.0. The fourth-order valence-electron chi connectivity index (χ4n) is 4.60. The van der Waals surface area contributed by atoms with E-state index in [0.717, 1.165) is 57.7 Å². The molecule has 32 heavy (non-hydrogen) atoms. The van der Waals surface area contributed by atoms with Crippen LogP contribution in [0.25, 0.3) is 17.2 Å². The van der Waals surface area contributed by atoms with Crippen molar-refractivity contribution in [1.82, 2.24) is 10.2 Å². The maximum absolute atomic E-state index is 14.1. The normalized spacial score (nSPS) is 20.7. The van der Waals surface area contributed by atoms with Gasteiger partial charge in [0.15, 0.2) is 4.90 Å². The zero-order chi connectivity index (χ0) is 22.8. The van der Waals surface area contributed by atoms with Crippen molar-refractivity contribution in [1.29, 1.82) is 0 Å². The van der Waals surface area contributed by atoms with Crippen molar-refractivity contribution in [2.45, 2.75) is 37.1 Å². The van der Waals surface area contributed by atoms with Crippen LogP contribution in [0.15, 0.2) is 52.9 Å². The van der Waals surface area contributed by atoms with E-state index in [2.05, 4.69) is 17.3 Å². The van der Waals surface area contributed by atoms with Gasteiger partial charge in [-0.05, 0) is 120 Å². The molecule has 0 bridgehead atoms. The number of carbonyl (C=O) groups excluding carboxylic acids is 1. The second kappa shape index (κ2) is 9.61. The van der Waals surface area contributed by atoms with E-state index in [9.17, 15) is 13.7 Å². The van der Waals surface area contributed by atoms with Crippen molar-refractivity contribution in [3.05, 3.63) is 70.5 Å². The summed E-state index contributed by atoms with van der Waals surface area (Å²) in [5, 5.41) is 3.07. The predicted octanol–water partition coefficient (Wildman–Crippen LogP) is 4.49. The average Bonchev–Trinajstić information content (AvgIpc) is 3.28. The highest BCUT2D eigenvalue weighted by Crippen LogP contribution is 2.43. The summed E-state index contributed by atoms with van der Waals surface area (Å²) < 4.78 is 25.8. The number of carbonyl (C=O) groups is 1. The molecule has 0 radical (unpaired) electrons. The molecule has 4 nitrogen and oxygen atoms in total. The summed E-state index contributed by atoms with van der Waals surface area (Å²) in [6, 6.07) is 12.7. The molecule has 1 amide bonds. The van der Waals surface area contributed by atoms with Crippen molar-refractivity contribution in [3.8, 4) is 0 Å². The minimum absolute atomic E-state index is 0.0362. The van der Waals surface area contributed by atoms with E-state index in [4.69, 9.17) is 0 Å². The minimum Gasteiger partial charge on any atom is -0.612 e. The van der Waals surface area contributed by atoms with Crippen molar-refractivity contribution in [3.63, 3.8) is 0 Å². The van der Waals surface area contributed by atoms with Crippen LogP contribution in [-0.4, -0.2) is 47.8 Å². The summed E-state index contributed by atoms with van der Waals surface area (Å²) in [4.78, 5) is 15.8. The van der Waals surface area contributed by atoms with E-state index in [0.29, 0.717) is 12.6 Å². The number of rotatable bonds is 6. The standard InChI is InChI=1S/C26H29FN2O2S/c1-17-23(13-18-6-9-21(10-7-18)32(3)31)22-11-8-19(27)14-25(22)24(17)15-26(30)28-16-20-5-4-12-29(20)2/h6-11,13-14,20H,4-5,12,15-16H2,1-3H3,(H,28,30)/b23-13+. The molecule has 2 aliphatic rings. The Morgan fingerprint density at radius 1 is 1.25 bits per heavy atom. The van der Waals surface area contributed by atoms with Gasteiger partial charge < -0.3 is 14.8 Å². The molecule has 2 aromatic carbocycles. The summed E-state index contributed by atoms with van der Waals surface area (Å²) in [5.41, 5.74) is 5.54. The summed E-state index contributed by atoms with van der Waals surface area (Å²) in [6.45, 7) is 3.71. The average molecular weight is 453 g/mol. The molecule has 1 saturated heterocycles. The zero-order valence-electron chi connectivity index (χ0n) is 18.8. The number of benzene rings is 2. The monoisotopic (exact) mass is 452 g/mol. The van der Waals surface area contributed by atoms with E-state index in [1.165, 1.54) is 12.1 Å². The lowest BCUT2D eigenvalue weighted by Gasteiger charge is -2.19. The molecule has 1 N–H and O–H groups in total. The largest absolute Gasteiger partial charge is 0.612 e. The highest BCUT2D eigenvalue weighted by atomic mass is 32.2. The first-order valence-electron chi connectivity index (χ1n) is 11.0. The molecule has 2 unspecified atom stereocenters. The van der Waals surface area contributed by atoms with Crippen LogP contribution in [0.5, 0.6) is 0 Å². The number of likely N-dealkylation sites (tertiary alicyclic amines) is 1. The van der Waals surface area contributed by atoms with Crippen molar-refractivity contribution >= 4 is 34.3 Å². The molecule has 2 aromatic rings. The zero-order valence-corrected chi connectivity index (χ0v) is 19.6. The van der Waals surface area contributed by atoms with Gasteiger partial charge in [0.1, 0.15) is 12.1 Å². The molecule has 4 rings (SSSR count). The Morgan fingerprint density at radius 2 is 2.00 bits per heavy atom. The third kappa shape index (κ3) is 4.82. The van der Waals surface area contributed by atoms with Crippen molar-refractivity contribution in [2.75, 3.05) is 26.4 Å². The van der Waals surface area contributed by atoms with Gasteiger partial charge in [0.05, 0.1) is 6.42 Å². The number of allylic oxidation sites excluding steroid dienone is 2. The van der Waals surface area contributed by atoms with Crippen LogP contribution in [0.3, 0.4) is 0 Å². The van der Waals surface area contributed by atoms with E-state index in [1.807, 2.05) is 37.3 Å². The highest BCUT2D eigenvalue weighted by molar-refractivity contribution is 7.90. The number of fused-ring (bicyclic) bond motifs is 1. The van der Waals surface area contributed by atoms with Gasteiger partial charge in [-0.3, -0.25) is 4.79 Å². The summed E-state index contributed by atoms with van der Waals surface area (Å²) in [6.07, 6.45) is 6.20. The molecule has 1 aliphatic heterocycles. The lowest BCUT2D eigenvalue weighted by atomic mass is 10.0. The number of nitrogens with zero attached hydrogens (tertiary/aromatic N) is 1. The first-order valence-corrected chi connectivity index (χ1v) is 12.5. The second-order valence-electron chi connectivity index (χ2n) is 8.63. The summed E-state index contributed by atoms with van der Waals surface area (Å²) >= 11 is -1.02. The molecule has 1 fully saturated rings. The summed E-state index contributed by atoms with van der Waals surface area (Å²) in [5.74, 6) is -0.344. The van der Waals surface area contributed by atoms with Gasteiger partial charge >= 0.3 is 0 Å². The SMILES string of the molecule is CC1=C(CC(=O)NCC2CCCN2C)c2cc(F)ccc2/C1=C/c1ccc([S+](C)[O-])cc1. The molecule has 6 heteroatoms. The molecule has 0 spiro atoms. The molecule has 2 atom stereocenters. The van der Waals surface area contributed by atoms with Crippen LogP contribution < -0.4 is 5.32 Å². The number of amides is 1. The summed E-state index contributed by atoms with van der Waals surface area (Å²) in [7, 11) is 2.09. The molecule has 1 heterocycles.